The first-order valence-electron chi connectivity index (χ1n) is 6.24. The van der Waals surface area contributed by atoms with Crippen LogP contribution in [0, 0.1) is 5.82 Å². The first-order chi connectivity index (χ1) is 9.24. The highest BCUT2D eigenvalue weighted by molar-refractivity contribution is 5.62. The fourth-order valence-corrected chi connectivity index (χ4v) is 1.71. The van der Waals surface area contributed by atoms with Gasteiger partial charge in [0.05, 0.1) is 12.8 Å². The second-order valence-electron chi connectivity index (χ2n) is 3.88. The zero-order chi connectivity index (χ0) is 13.7. The van der Waals surface area contributed by atoms with E-state index >= 15 is 0 Å². The third-order valence-corrected chi connectivity index (χ3v) is 2.50. The molecule has 19 heavy (non-hydrogen) atoms. The van der Waals surface area contributed by atoms with E-state index in [0.717, 1.165) is 0 Å². The molecule has 2 rings (SSSR count). The normalized spacial score (nSPS) is 10.3. The minimum Gasteiger partial charge on any atom is -0.494 e. The van der Waals surface area contributed by atoms with Crippen molar-refractivity contribution in [1.29, 1.82) is 0 Å². The number of halogens is 1. The Morgan fingerprint density at radius 1 is 1.32 bits per heavy atom. The maximum atomic E-state index is 13.8. The molecule has 4 nitrogen and oxygen atoms in total. The van der Waals surface area contributed by atoms with Crippen molar-refractivity contribution in [3.05, 3.63) is 36.3 Å². The molecule has 0 saturated carbocycles. The molecule has 1 aromatic carbocycles. The molecule has 0 unspecified atom stereocenters. The second kappa shape index (κ2) is 6.13. The summed E-state index contributed by atoms with van der Waals surface area (Å²) in [5.41, 5.74) is 0.942. The minimum absolute atomic E-state index is 0.271. The van der Waals surface area contributed by atoms with Gasteiger partial charge in [0, 0.05) is 12.1 Å². The maximum Gasteiger partial charge on any atom is 0.223 e. The van der Waals surface area contributed by atoms with Crippen LogP contribution in [0.25, 0.3) is 11.3 Å². The molecule has 1 aromatic heterocycles. The standard InChI is InChI=1S/C14H16FN3O/c1-3-16-14-17-9-12(15)13(18-14)10-6-5-7-11(8-10)19-4-2/h5-9H,3-4H2,1-2H3,(H,16,17,18). The van der Waals surface area contributed by atoms with Gasteiger partial charge in [-0.2, -0.15) is 0 Å². The molecule has 2 aromatic rings. The van der Waals surface area contributed by atoms with Crippen molar-refractivity contribution in [2.75, 3.05) is 18.5 Å². The molecule has 1 N–H and O–H groups in total. The molecule has 0 bridgehead atoms. The molecule has 0 aliphatic heterocycles. The lowest BCUT2D eigenvalue weighted by Gasteiger charge is -2.08. The van der Waals surface area contributed by atoms with E-state index in [1.165, 1.54) is 6.20 Å². The predicted molar refractivity (Wildman–Crippen MR) is 72.8 cm³/mol. The molecule has 0 aliphatic rings. The summed E-state index contributed by atoms with van der Waals surface area (Å²) in [6.45, 7) is 5.09. The van der Waals surface area contributed by atoms with E-state index in [9.17, 15) is 4.39 Å². The lowest BCUT2D eigenvalue weighted by atomic mass is 10.1. The summed E-state index contributed by atoms with van der Waals surface area (Å²) in [6, 6.07) is 7.21. The molecule has 0 spiro atoms. The predicted octanol–water partition coefficient (Wildman–Crippen LogP) is 3.11. The summed E-state index contributed by atoms with van der Waals surface area (Å²) < 4.78 is 19.2. The molecule has 1 heterocycles. The zero-order valence-electron chi connectivity index (χ0n) is 11.0. The first kappa shape index (κ1) is 13.3. The van der Waals surface area contributed by atoms with E-state index in [-0.39, 0.29) is 5.69 Å². The van der Waals surface area contributed by atoms with Gasteiger partial charge in [0.25, 0.3) is 0 Å². The van der Waals surface area contributed by atoms with Crippen LogP contribution in [0.2, 0.25) is 0 Å². The highest BCUT2D eigenvalue weighted by atomic mass is 19.1. The molecular weight excluding hydrogens is 245 g/mol. The number of nitrogens with zero attached hydrogens (tertiary/aromatic N) is 2. The monoisotopic (exact) mass is 261 g/mol. The fourth-order valence-electron chi connectivity index (χ4n) is 1.71. The van der Waals surface area contributed by atoms with Crippen LogP contribution < -0.4 is 10.1 Å². The van der Waals surface area contributed by atoms with Gasteiger partial charge in [-0.15, -0.1) is 0 Å². The largest absolute Gasteiger partial charge is 0.494 e. The van der Waals surface area contributed by atoms with E-state index in [4.69, 9.17) is 4.74 Å². The van der Waals surface area contributed by atoms with Crippen molar-refractivity contribution in [2.24, 2.45) is 0 Å². The van der Waals surface area contributed by atoms with Crippen molar-refractivity contribution >= 4 is 5.95 Å². The van der Waals surface area contributed by atoms with Crippen LogP contribution in [0.5, 0.6) is 5.75 Å². The van der Waals surface area contributed by atoms with Gasteiger partial charge in [0.15, 0.2) is 5.82 Å². The number of aromatic nitrogens is 2. The summed E-state index contributed by atoms with van der Waals surface area (Å²) in [6.07, 6.45) is 1.17. The summed E-state index contributed by atoms with van der Waals surface area (Å²) in [5.74, 6) is 0.666. The molecule has 5 heteroatoms. The van der Waals surface area contributed by atoms with Gasteiger partial charge in [-0.25, -0.2) is 14.4 Å². The van der Waals surface area contributed by atoms with Crippen molar-refractivity contribution in [2.45, 2.75) is 13.8 Å². The molecule has 100 valence electrons. The maximum absolute atomic E-state index is 13.8. The minimum atomic E-state index is -0.449. The summed E-state index contributed by atoms with van der Waals surface area (Å²) in [7, 11) is 0. The van der Waals surface area contributed by atoms with Crippen LogP contribution in [0.4, 0.5) is 10.3 Å². The molecule has 0 aliphatic carbocycles. The van der Waals surface area contributed by atoms with Crippen LogP contribution in [-0.2, 0) is 0 Å². The van der Waals surface area contributed by atoms with E-state index in [1.807, 2.05) is 26.0 Å². The third-order valence-electron chi connectivity index (χ3n) is 2.50. The van der Waals surface area contributed by atoms with E-state index in [2.05, 4.69) is 15.3 Å². The van der Waals surface area contributed by atoms with Crippen LogP contribution in [0.3, 0.4) is 0 Å². The Bertz CT molecular complexity index is 560. The highest BCUT2D eigenvalue weighted by Gasteiger charge is 2.10. The Balaban J connectivity index is 2.39. The average Bonchev–Trinajstić information content (AvgIpc) is 2.42. The smallest absolute Gasteiger partial charge is 0.223 e. The molecule has 0 atom stereocenters. The van der Waals surface area contributed by atoms with Gasteiger partial charge >= 0.3 is 0 Å². The van der Waals surface area contributed by atoms with Gasteiger partial charge in [-0.1, -0.05) is 12.1 Å². The number of anilines is 1. The lowest BCUT2D eigenvalue weighted by Crippen LogP contribution is -2.04. The van der Waals surface area contributed by atoms with Crippen molar-refractivity contribution in [1.82, 2.24) is 9.97 Å². The average molecular weight is 261 g/mol. The number of benzene rings is 1. The Kier molecular flexibility index (Phi) is 4.28. The first-order valence-corrected chi connectivity index (χ1v) is 6.24. The SMILES string of the molecule is CCNc1ncc(F)c(-c2cccc(OCC)c2)n1. The zero-order valence-corrected chi connectivity index (χ0v) is 11.0. The summed E-state index contributed by atoms with van der Waals surface area (Å²) in [5, 5.41) is 2.96. The van der Waals surface area contributed by atoms with Crippen LogP contribution in [-0.4, -0.2) is 23.1 Å². The van der Waals surface area contributed by atoms with Gasteiger partial charge in [-0.05, 0) is 26.0 Å². The topological polar surface area (TPSA) is 47.0 Å². The van der Waals surface area contributed by atoms with E-state index in [0.29, 0.717) is 30.4 Å². The lowest BCUT2D eigenvalue weighted by molar-refractivity contribution is 0.340. The Labute approximate surface area is 111 Å². The highest BCUT2D eigenvalue weighted by Crippen LogP contribution is 2.25. The van der Waals surface area contributed by atoms with Gasteiger partial charge in [-0.3, -0.25) is 0 Å². The Hall–Kier alpha value is -2.17. The molecule has 0 fully saturated rings. The second-order valence-corrected chi connectivity index (χ2v) is 3.88. The number of ether oxygens (including phenoxy) is 1. The van der Waals surface area contributed by atoms with E-state index in [1.54, 1.807) is 12.1 Å². The van der Waals surface area contributed by atoms with Crippen molar-refractivity contribution in [3.63, 3.8) is 0 Å². The quantitative estimate of drug-likeness (QED) is 0.898. The van der Waals surface area contributed by atoms with Crippen LogP contribution >= 0.6 is 0 Å². The van der Waals surface area contributed by atoms with Gasteiger partial charge in [0.2, 0.25) is 5.95 Å². The Morgan fingerprint density at radius 3 is 2.89 bits per heavy atom. The summed E-state index contributed by atoms with van der Waals surface area (Å²) in [4.78, 5) is 8.07. The number of hydrogen-bond donors (Lipinski definition) is 1. The van der Waals surface area contributed by atoms with Crippen LogP contribution in [0.15, 0.2) is 30.5 Å². The molecule has 0 amide bonds. The number of hydrogen-bond acceptors (Lipinski definition) is 4. The van der Waals surface area contributed by atoms with Gasteiger partial charge in [0.1, 0.15) is 11.4 Å². The number of rotatable bonds is 5. The molecule has 0 saturated heterocycles. The molecular formula is C14H16FN3O. The fraction of sp³-hybridized carbons (Fsp3) is 0.286. The van der Waals surface area contributed by atoms with Crippen LogP contribution in [0.1, 0.15) is 13.8 Å². The Morgan fingerprint density at radius 2 is 2.16 bits per heavy atom. The van der Waals surface area contributed by atoms with E-state index < -0.39 is 5.82 Å². The summed E-state index contributed by atoms with van der Waals surface area (Å²) >= 11 is 0. The molecule has 0 radical (unpaired) electrons. The van der Waals surface area contributed by atoms with Gasteiger partial charge < -0.3 is 10.1 Å². The van der Waals surface area contributed by atoms with Crippen molar-refractivity contribution in [3.8, 4) is 17.0 Å². The third kappa shape index (κ3) is 3.19. The van der Waals surface area contributed by atoms with Crippen molar-refractivity contribution < 1.29 is 9.13 Å². The number of nitrogens with one attached hydrogen (secondary N) is 1.